The fraction of sp³-hybridized carbons (Fsp3) is 0.150. The fourth-order valence-electron chi connectivity index (χ4n) is 3.19. The van der Waals surface area contributed by atoms with Crippen molar-refractivity contribution in [2.24, 2.45) is 0 Å². The van der Waals surface area contributed by atoms with E-state index in [1.807, 2.05) is 0 Å². The molecule has 1 aliphatic rings. The van der Waals surface area contributed by atoms with Crippen LogP contribution in [0, 0.1) is 0 Å². The van der Waals surface area contributed by atoms with Gasteiger partial charge in [-0.15, -0.1) is 0 Å². The summed E-state index contributed by atoms with van der Waals surface area (Å²) < 4.78 is 23.2. The molecule has 154 valence electrons. The first-order chi connectivity index (χ1) is 14.1. The SMILES string of the molecule is CN1C(=O)c2ccc(Cl)cc2N(C)c2nc(Nc3ccc(S(C)(=O)=O)cc3)ncc21. The third-order valence-electron chi connectivity index (χ3n) is 4.82. The predicted octanol–water partition coefficient (Wildman–Crippen LogP) is 3.64. The standard InChI is InChI=1S/C20H18ClN5O3S/c1-25-16-10-12(21)4-9-15(16)19(27)26(2)17-11-22-20(24-18(17)25)23-13-5-7-14(8-6-13)30(3,28)29/h4-11H,1-3H3,(H,22,23,24). The average molecular weight is 444 g/mol. The zero-order valence-electron chi connectivity index (χ0n) is 16.4. The number of rotatable bonds is 3. The van der Waals surface area contributed by atoms with Crippen LogP contribution in [0.25, 0.3) is 0 Å². The van der Waals surface area contributed by atoms with Crippen LogP contribution in [0.3, 0.4) is 0 Å². The predicted molar refractivity (Wildman–Crippen MR) is 117 cm³/mol. The lowest BCUT2D eigenvalue weighted by Gasteiger charge is -2.21. The number of carbonyl (C=O) groups excluding carboxylic acids is 1. The summed E-state index contributed by atoms with van der Waals surface area (Å²) in [5.41, 5.74) is 2.33. The molecule has 0 bridgehead atoms. The number of hydrogen-bond acceptors (Lipinski definition) is 7. The second-order valence-electron chi connectivity index (χ2n) is 6.91. The summed E-state index contributed by atoms with van der Waals surface area (Å²) in [6.45, 7) is 0. The Labute approximate surface area is 179 Å². The van der Waals surface area contributed by atoms with Crippen LogP contribution in [0.2, 0.25) is 5.02 Å². The summed E-state index contributed by atoms with van der Waals surface area (Å²) in [5, 5.41) is 3.57. The van der Waals surface area contributed by atoms with Crippen molar-refractivity contribution in [2.45, 2.75) is 4.90 Å². The summed E-state index contributed by atoms with van der Waals surface area (Å²) in [6, 6.07) is 11.4. The maximum absolute atomic E-state index is 12.9. The van der Waals surface area contributed by atoms with E-state index in [4.69, 9.17) is 11.6 Å². The number of carbonyl (C=O) groups is 1. The molecule has 0 atom stereocenters. The largest absolute Gasteiger partial charge is 0.327 e. The first kappa shape index (κ1) is 20.1. The van der Waals surface area contributed by atoms with Crippen LogP contribution >= 0.6 is 11.6 Å². The Kier molecular flexibility index (Phi) is 4.87. The molecule has 0 saturated heterocycles. The molecule has 0 aliphatic carbocycles. The highest BCUT2D eigenvalue weighted by Gasteiger charge is 2.29. The quantitative estimate of drug-likeness (QED) is 0.660. The van der Waals surface area contributed by atoms with Crippen molar-refractivity contribution in [1.29, 1.82) is 0 Å². The Morgan fingerprint density at radius 1 is 1.00 bits per heavy atom. The Hall–Kier alpha value is -3.17. The number of aromatic nitrogens is 2. The molecule has 0 fully saturated rings. The van der Waals surface area contributed by atoms with Gasteiger partial charge in [0.15, 0.2) is 15.7 Å². The zero-order chi connectivity index (χ0) is 21.6. The van der Waals surface area contributed by atoms with E-state index < -0.39 is 9.84 Å². The van der Waals surface area contributed by atoms with Crippen molar-refractivity contribution in [2.75, 3.05) is 35.5 Å². The summed E-state index contributed by atoms with van der Waals surface area (Å²) in [7, 11) is 0.196. The molecule has 4 rings (SSSR count). The van der Waals surface area contributed by atoms with E-state index in [9.17, 15) is 13.2 Å². The molecule has 1 amide bonds. The van der Waals surface area contributed by atoms with Gasteiger partial charge in [0.25, 0.3) is 5.91 Å². The molecule has 10 heteroatoms. The molecule has 1 N–H and O–H groups in total. The minimum Gasteiger partial charge on any atom is -0.327 e. The van der Waals surface area contributed by atoms with Crippen LogP contribution in [0.1, 0.15) is 10.4 Å². The van der Waals surface area contributed by atoms with Gasteiger partial charge in [-0.2, -0.15) is 4.98 Å². The molecule has 1 aromatic heterocycles. The van der Waals surface area contributed by atoms with E-state index in [2.05, 4.69) is 15.3 Å². The first-order valence-electron chi connectivity index (χ1n) is 8.90. The van der Waals surface area contributed by atoms with Gasteiger partial charge < -0.3 is 15.1 Å². The molecule has 0 spiro atoms. The van der Waals surface area contributed by atoms with E-state index in [1.165, 1.54) is 17.0 Å². The van der Waals surface area contributed by atoms with Crippen LogP contribution in [0.4, 0.5) is 28.8 Å². The molecule has 0 saturated carbocycles. The van der Waals surface area contributed by atoms with Crippen LogP contribution in [-0.4, -0.2) is 44.6 Å². The maximum atomic E-state index is 12.9. The van der Waals surface area contributed by atoms with E-state index in [-0.39, 0.29) is 10.8 Å². The number of fused-ring (bicyclic) bond motifs is 2. The number of halogens is 1. The van der Waals surface area contributed by atoms with Gasteiger partial charge >= 0.3 is 0 Å². The van der Waals surface area contributed by atoms with Crippen LogP contribution < -0.4 is 15.1 Å². The van der Waals surface area contributed by atoms with Gasteiger partial charge in [-0.1, -0.05) is 11.6 Å². The summed E-state index contributed by atoms with van der Waals surface area (Å²) in [4.78, 5) is 25.3. The molecular formula is C20H18ClN5O3S. The van der Waals surface area contributed by atoms with Gasteiger partial charge in [-0.3, -0.25) is 4.79 Å². The summed E-state index contributed by atoms with van der Waals surface area (Å²) in [6.07, 6.45) is 2.72. The second-order valence-corrected chi connectivity index (χ2v) is 9.36. The number of sulfone groups is 1. The molecule has 2 heterocycles. The van der Waals surface area contributed by atoms with Crippen molar-refractivity contribution >= 4 is 56.2 Å². The van der Waals surface area contributed by atoms with Crippen molar-refractivity contribution < 1.29 is 13.2 Å². The molecule has 1 aliphatic heterocycles. The van der Waals surface area contributed by atoms with E-state index in [0.29, 0.717) is 39.4 Å². The number of nitrogens with one attached hydrogen (secondary N) is 1. The van der Waals surface area contributed by atoms with Crippen LogP contribution in [-0.2, 0) is 9.84 Å². The van der Waals surface area contributed by atoms with Crippen LogP contribution in [0.5, 0.6) is 0 Å². The molecule has 0 radical (unpaired) electrons. The third kappa shape index (κ3) is 3.57. The minimum absolute atomic E-state index is 0.187. The molecular weight excluding hydrogens is 426 g/mol. The third-order valence-corrected chi connectivity index (χ3v) is 6.19. The summed E-state index contributed by atoms with van der Waals surface area (Å²) >= 11 is 6.15. The highest BCUT2D eigenvalue weighted by atomic mass is 35.5. The Morgan fingerprint density at radius 2 is 1.70 bits per heavy atom. The van der Waals surface area contributed by atoms with Gasteiger partial charge in [-0.25, -0.2) is 13.4 Å². The normalized spacial score (nSPS) is 13.5. The van der Waals surface area contributed by atoms with Gasteiger partial charge in [0, 0.05) is 31.1 Å². The minimum atomic E-state index is -3.27. The molecule has 8 nitrogen and oxygen atoms in total. The average Bonchev–Trinajstić information content (AvgIpc) is 2.78. The number of anilines is 5. The Balaban J connectivity index is 1.73. The lowest BCUT2D eigenvalue weighted by molar-refractivity contribution is 0.0994. The highest BCUT2D eigenvalue weighted by molar-refractivity contribution is 7.90. The smallest absolute Gasteiger partial charge is 0.260 e. The number of hydrogen-bond donors (Lipinski definition) is 1. The van der Waals surface area contributed by atoms with Crippen molar-refractivity contribution in [3.63, 3.8) is 0 Å². The molecule has 30 heavy (non-hydrogen) atoms. The lowest BCUT2D eigenvalue weighted by Crippen LogP contribution is -2.25. The Morgan fingerprint density at radius 3 is 2.37 bits per heavy atom. The molecule has 0 unspecified atom stereocenters. The van der Waals surface area contributed by atoms with E-state index >= 15 is 0 Å². The topological polar surface area (TPSA) is 95.5 Å². The van der Waals surface area contributed by atoms with Crippen molar-refractivity contribution in [1.82, 2.24) is 9.97 Å². The fourth-order valence-corrected chi connectivity index (χ4v) is 3.99. The second kappa shape index (κ2) is 7.26. The van der Waals surface area contributed by atoms with Gasteiger partial charge in [0.2, 0.25) is 5.95 Å². The van der Waals surface area contributed by atoms with Gasteiger partial charge in [-0.05, 0) is 42.5 Å². The van der Waals surface area contributed by atoms with E-state index in [0.717, 1.165) is 6.26 Å². The monoisotopic (exact) mass is 443 g/mol. The van der Waals surface area contributed by atoms with Crippen molar-refractivity contribution in [3.05, 3.63) is 59.2 Å². The lowest BCUT2D eigenvalue weighted by atomic mass is 10.1. The Bertz CT molecular complexity index is 1260. The van der Waals surface area contributed by atoms with Gasteiger partial charge in [0.1, 0.15) is 5.69 Å². The number of amides is 1. The van der Waals surface area contributed by atoms with Crippen molar-refractivity contribution in [3.8, 4) is 0 Å². The van der Waals surface area contributed by atoms with E-state index in [1.54, 1.807) is 55.5 Å². The molecule has 2 aromatic carbocycles. The van der Waals surface area contributed by atoms with Gasteiger partial charge in [0.05, 0.1) is 22.3 Å². The zero-order valence-corrected chi connectivity index (χ0v) is 18.0. The first-order valence-corrected chi connectivity index (χ1v) is 11.2. The molecule has 3 aromatic rings. The number of nitrogens with zero attached hydrogens (tertiary/aromatic N) is 4. The maximum Gasteiger partial charge on any atom is 0.260 e. The van der Waals surface area contributed by atoms with Crippen LogP contribution in [0.15, 0.2) is 53.6 Å². The summed E-state index contributed by atoms with van der Waals surface area (Å²) in [5.74, 6) is 0.643. The number of benzene rings is 2. The highest BCUT2D eigenvalue weighted by Crippen LogP contribution is 2.39.